The third-order valence-electron chi connectivity index (χ3n) is 3.31. The molecule has 20 heavy (non-hydrogen) atoms. The van der Waals surface area contributed by atoms with Gasteiger partial charge >= 0.3 is 0 Å². The molecule has 0 aromatic carbocycles. The molecular formula is C14H22N4O2. The SMILES string of the molecule is C=C(CN)Cn1ncc(N2CCOC(C)(C)C2)cc1=O. The van der Waals surface area contributed by atoms with E-state index in [-0.39, 0.29) is 11.2 Å². The smallest absolute Gasteiger partial charge is 0.269 e. The Labute approximate surface area is 118 Å². The van der Waals surface area contributed by atoms with Crippen molar-refractivity contribution in [3.63, 3.8) is 0 Å². The molecule has 1 saturated heterocycles. The van der Waals surface area contributed by atoms with Gasteiger partial charge in [0.25, 0.3) is 5.56 Å². The summed E-state index contributed by atoms with van der Waals surface area (Å²) in [7, 11) is 0. The highest BCUT2D eigenvalue weighted by Crippen LogP contribution is 2.21. The molecule has 0 atom stereocenters. The van der Waals surface area contributed by atoms with Crippen molar-refractivity contribution >= 4 is 5.69 Å². The van der Waals surface area contributed by atoms with E-state index in [0.717, 1.165) is 24.4 Å². The van der Waals surface area contributed by atoms with Crippen molar-refractivity contribution in [3.8, 4) is 0 Å². The van der Waals surface area contributed by atoms with Crippen LogP contribution in [0.3, 0.4) is 0 Å². The van der Waals surface area contributed by atoms with Gasteiger partial charge in [-0.15, -0.1) is 0 Å². The number of hydrogen-bond acceptors (Lipinski definition) is 5. The van der Waals surface area contributed by atoms with Gasteiger partial charge in [-0.05, 0) is 19.4 Å². The largest absolute Gasteiger partial charge is 0.372 e. The molecular weight excluding hydrogens is 256 g/mol. The lowest BCUT2D eigenvalue weighted by Gasteiger charge is -2.39. The summed E-state index contributed by atoms with van der Waals surface area (Å²) in [4.78, 5) is 14.2. The molecule has 2 heterocycles. The fourth-order valence-corrected chi connectivity index (χ4v) is 2.23. The van der Waals surface area contributed by atoms with E-state index in [1.165, 1.54) is 4.68 Å². The number of rotatable bonds is 4. The van der Waals surface area contributed by atoms with Crippen LogP contribution < -0.4 is 16.2 Å². The molecule has 6 nitrogen and oxygen atoms in total. The maximum atomic E-state index is 12.1. The van der Waals surface area contributed by atoms with Crippen LogP contribution in [0.25, 0.3) is 0 Å². The standard InChI is InChI=1S/C14H22N4O2/c1-11(7-15)9-18-13(19)6-12(8-16-18)17-4-5-20-14(2,3)10-17/h6,8H,1,4-5,7,9-10,15H2,2-3H3. The average molecular weight is 278 g/mol. The number of aromatic nitrogens is 2. The number of hydrogen-bond donors (Lipinski definition) is 1. The topological polar surface area (TPSA) is 73.4 Å². The van der Waals surface area contributed by atoms with Crippen molar-refractivity contribution < 1.29 is 4.74 Å². The Morgan fingerprint density at radius 1 is 1.60 bits per heavy atom. The normalized spacial score (nSPS) is 18.1. The first-order valence-electron chi connectivity index (χ1n) is 6.74. The Balaban J connectivity index is 2.16. The van der Waals surface area contributed by atoms with Crippen LogP contribution in [-0.4, -0.2) is 41.6 Å². The van der Waals surface area contributed by atoms with Crippen molar-refractivity contribution in [1.29, 1.82) is 0 Å². The second-order valence-electron chi connectivity index (χ2n) is 5.69. The molecule has 0 spiro atoms. The Hall–Kier alpha value is -1.66. The van der Waals surface area contributed by atoms with Gasteiger partial charge in [0.2, 0.25) is 0 Å². The summed E-state index contributed by atoms with van der Waals surface area (Å²) in [6.07, 6.45) is 1.71. The van der Waals surface area contributed by atoms with Crippen molar-refractivity contribution in [2.75, 3.05) is 31.1 Å². The van der Waals surface area contributed by atoms with Gasteiger partial charge in [-0.3, -0.25) is 4.79 Å². The van der Waals surface area contributed by atoms with Gasteiger partial charge in [0.15, 0.2) is 0 Å². The number of nitrogens with two attached hydrogens (primary N) is 1. The predicted octanol–water partition coefficient (Wildman–Crippen LogP) is 0.373. The van der Waals surface area contributed by atoms with E-state index in [9.17, 15) is 4.79 Å². The van der Waals surface area contributed by atoms with E-state index in [4.69, 9.17) is 10.5 Å². The van der Waals surface area contributed by atoms with Crippen LogP contribution in [0.2, 0.25) is 0 Å². The summed E-state index contributed by atoms with van der Waals surface area (Å²) in [5.41, 5.74) is 6.75. The van der Waals surface area contributed by atoms with Gasteiger partial charge < -0.3 is 15.4 Å². The van der Waals surface area contributed by atoms with Crippen molar-refractivity contribution in [3.05, 3.63) is 34.8 Å². The first-order valence-corrected chi connectivity index (χ1v) is 6.74. The maximum Gasteiger partial charge on any atom is 0.269 e. The molecule has 1 aliphatic heterocycles. The zero-order valence-corrected chi connectivity index (χ0v) is 12.1. The van der Waals surface area contributed by atoms with Crippen LogP contribution >= 0.6 is 0 Å². The van der Waals surface area contributed by atoms with Gasteiger partial charge in [0.1, 0.15) is 0 Å². The summed E-state index contributed by atoms with van der Waals surface area (Å²) in [5, 5.41) is 4.19. The molecule has 6 heteroatoms. The Morgan fingerprint density at radius 2 is 2.35 bits per heavy atom. The molecule has 1 aromatic rings. The van der Waals surface area contributed by atoms with Gasteiger partial charge in [0, 0.05) is 25.7 Å². The summed E-state index contributed by atoms with van der Waals surface area (Å²) in [5.74, 6) is 0. The summed E-state index contributed by atoms with van der Waals surface area (Å²) in [6.45, 7) is 10.8. The fraction of sp³-hybridized carbons (Fsp3) is 0.571. The summed E-state index contributed by atoms with van der Waals surface area (Å²) >= 11 is 0. The minimum Gasteiger partial charge on any atom is -0.372 e. The molecule has 2 rings (SSSR count). The lowest BCUT2D eigenvalue weighted by molar-refractivity contribution is -0.0277. The molecule has 0 saturated carbocycles. The van der Waals surface area contributed by atoms with Crippen molar-refractivity contribution in [1.82, 2.24) is 9.78 Å². The first-order chi connectivity index (χ1) is 9.41. The third-order valence-corrected chi connectivity index (χ3v) is 3.31. The molecule has 0 unspecified atom stereocenters. The third kappa shape index (κ3) is 3.46. The zero-order chi connectivity index (χ0) is 14.8. The maximum absolute atomic E-state index is 12.1. The van der Waals surface area contributed by atoms with Crippen LogP contribution in [0.15, 0.2) is 29.2 Å². The highest BCUT2D eigenvalue weighted by molar-refractivity contribution is 5.43. The highest BCUT2D eigenvalue weighted by atomic mass is 16.5. The van der Waals surface area contributed by atoms with E-state index in [2.05, 4.69) is 16.6 Å². The second-order valence-corrected chi connectivity index (χ2v) is 5.69. The highest BCUT2D eigenvalue weighted by Gasteiger charge is 2.27. The molecule has 0 radical (unpaired) electrons. The molecule has 2 N–H and O–H groups in total. The van der Waals surface area contributed by atoms with E-state index in [1.807, 2.05) is 13.8 Å². The fourth-order valence-electron chi connectivity index (χ4n) is 2.23. The summed E-state index contributed by atoms with van der Waals surface area (Å²) < 4.78 is 7.05. The van der Waals surface area contributed by atoms with Gasteiger partial charge in [-0.2, -0.15) is 5.10 Å². The molecule has 110 valence electrons. The van der Waals surface area contributed by atoms with E-state index < -0.39 is 0 Å². The minimum atomic E-state index is -0.207. The van der Waals surface area contributed by atoms with Crippen molar-refractivity contribution in [2.45, 2.75) is 26.0 Å². The number of ether oxygens (including phenoxy) is 1. The average Bonchev–Trinajstić information content (AvgIpc) is 2.39. The van der Waals surface area contributed by atoms with E-state index in [1.54, 1.807) is 12.3 Å². The lowest BCUT2D eigenvalue weighted by atomic mass is 10.1. The number of anilines is 1. The van der Waals surface area contributed by atoms with Crippen LogP contribution in [0.5, 0.6) is 0 Å². The lowest BCUT2D eigenvalue weighted by Crippen LogP contribution is -2.48. The monoisotopic (exact) mass is 278 g/mol. The Morgan fingerprint density at radius 3 is 2.95 bits per heavy atom. The van der Waals surface area contributed by atoms with Crippen LogP contribution in [-0.2, 0) is 11.3 Å². The van der Waals surface area contributed by atoms with Gasteiger partial charge in [0.05, 0.1) is 30.6 Å². The number of nitrogens with zero attached hydrogens (tertiary/aromatic N) is 3. The molecule has 0 amide bonds. The second kappa shape index (κ2) is 5.76. The van der Waals surface area contributed by atoms with Gasteiger partial charge in [-0.25, -0.2) is 4.68 Å². The molecule has 1 fully saturated rings. The zero-order valence-electron chi connectivity index (χ0n) is 12.1. The van der Waals surface area contributed by atoms with E-state index in [0.29, 0.717) is 19.7 Å². The van der Waals surface area contributed by atoms with Gasteiger partial charge in [-0.1, -0.05) is 6.58 Å². The predicted molar refractivity (Wildman–Crippen MR) is 78.9 cm³/mol. The Bertz CT molecular complexity index is 550. The Kier molecular flexibility index (Phi) is 4.25. The molecule has 0 aliphatic carbocycles. The van der Waals surface area contributed by atoms with E-state index >= 15 is 0 Å². The van der Waals surface area contributed by atoms with Crippen molar-refractivity contribution in [2.24, 2.45) is 5.73 Å². The molecule has 0 bridgehead atoms. The van der Waals surface area contributed by atoms with Crippen LogP contribution in [0.1, 0.15) is 13.8 Å². The quantitative estimate of drug-likeness (QED) is 0.806. The minimum absolute atomic E-state index is 0.138. The summed E-state index contributed by atoms with van der Waals surface area (Å²) in [6, 6.07) is 1.61. The molecule has 1 aromatic heterocycles. The van der Waals surface area contributed by atoms with Crippen LogP contribution in [0, 0.1) is 0 Å². The number of morpholine rings is 1. The molecule has 1 aliphatic rings. The first kappa shape index (κ1) is 14.7. The van der Waals surface area contributed by atoms with Crippen LogP contribution in [0.4, 0.5) is 5.69 Å².